The van der Waals surface area contributed by atoms with Crippen molar-refractivity contribution in [1.29, 1.82) is 0 Å². The Hall–Kier alpha value is -1.76. The van der Waals surface area contributed by atoms with Crippen molar-refractivity contribution in [3.05, 3.63) is 53.6 Å². The predicted octanol–water partition coefficient (Wildman–Crippen LogP) is 3.28. The maximum absolute atomic E-state index is 12.4. The van der Waals surface area contributed by atoms with Gasteiger partial charge in [-0.25, -0.2) is 8.42 Å². The van der Waals surface area contributed by atoms with Crippen molar-refractivity contribution in [2.75, 3.05) is 42.3 Å². The highest BCUT2D eigenvalue weighted by atomic mass is 35.5. The molecule has 0 amide bonds. The van der Waals surface area contributed by atoms with Crippen LogP contribution in [0.4, 0.5) is 11.4 Å². The van der Waals surface area contributed by atoms with Gasteiger partial charge < -0.3 is 9.80 Å². The maximum Gasteiger partial charge on any atom is 0.261 e. The van der Waals surface area contributed by atoms with Crippen LogP contribution in [0.15, 0.2) is 53.4 Å². The molecule has 1 aliphatic heterocycles. The van der Waals surface area contributed by atoms with Gasteiger partial charge in [-0.3, -0.25) is 4.72 Å². The third-order valence-corrected chi connectivity index (χ3v) is 6.08. The number of halogens is 1. The summed E-state index contributed by atoms with van der Waals surface area (Å²) in [4.78, 5) is 4.94. The second-order valence-corrected chi connectivity index (χ2v) is 8.15. The van der Waals surface area contributed by atoms with Gasteiger partial charge in [-0.2, -0.15) is 0 Å². The van der Waals surface area contributed by atoms with Gasteiger partial charge >= 0.3 is 0 Å². The summed E-state index contributed by atoms with van der Waals surface area (Å²) in [5, 5.41) is 0.506. The fraction of sp³-hybridized carbons (Fsp3) is 0.333. The lowest BCUT2D eigenvalue weighted by Gasteiger charge is -2.35. The number of hydrogen-bond donors (Lipinski definition) is 1. The maximum atomic E-state index is 12.4. The molecule has 1 saturated heterocycles. The standard InChI is InChI=1S/C18H22ClN3O2S/c1-2-21-11-13-22(14-12-21)17-7-5-16(6-8-17)20-25(23,24)18-9-3-15(19)4-10-18/h3-10,20H,2,11-14H2,1H3. The molecular weight excluding hydrogens is 358 g/mol. The van der Waals surface area contributed by atoms with Gasteiger partial charge in [0, 0.05) is 42.6 Å². The van der Waals surface area contributed by atoms with E-state index in [9.17, 15) is 8.42 Å². The number of likely N-dealkylation sites (N-methyl/N-ethyl adjacent to an activating group) is 1. The number of piperazine rings is 1. The van der Waals surface area contributed by atoms with Crippen LogP contribution in [0, 0.1) is 0 Å². The summed E-state index contributed by atoms with van der Waals surface area (Å²) >= 11 is 5.81. The summed E-state index contributed by atoms with van der Waals surface area (Å²) in [6.07, 6.45) is 0. The number of rotatable bonds is 5. The summed E-state index contributed by atoms with van der Waals surface area (Å²) < 4.78 is 27.4. The van der Waals surface area contributed by atoms with Crippen LogP contribution in [-0.4, -0.2) is 46.0 Å². The van der Waals surface area contributed by atoms with Gasteiger partial charge in [0.1, 0.15) is 0 Å². The molecule has 0 radical (unpaired) electrons. The first-order chi connectivity index (χ1) is 12.0. The van der Waals surface area contributed by atoms with E-state index in [1.165, 1.54) is 12.1 Å². The highest BCUT2D eigenvalue weighted by Crippen LogP contribution is 2.22. The van der Waals surface area contributed by atoms with Gasteiger partial charge in [-0.15, -0.1) is 0 Å². The van der Waals surface area contributed by atoms with Crippen LogP contribution < -0.4 is 9.62 Å². The number of nitrogens with zero attached hydrogens (tertiary/aromatic N) is 2. The molecule has 0 aromatic heterocycles. The van der Waals surface area contributed by atoms with Crippen molar-refractivity contribution in [3.63, 3.8) is 0 Å². The molecule has 2 aromatic carbocycles. The Kier molecular flexibility index (Phi) is 5.51. The van der Waals surface area contributed by atoms with Crippen LogP contribution in [-0.2, 0) is 10.0 Å². The topological polar surface area (TPSA) is 52.6 Å². The van der Waals surface area contributed by atoms with E-state index < -0.39 is 10.0 Å². The van der Waals surface area contributed by atoms with E-state index in [4.69, 9.17) is 11.6 Å². The highest BCUT2D eigenvalue weighted by molar-refractivity contribution is 7.92. The molecule has 3 rings (SSSR count). The predicted molar refractivity (Wildman–Crippen MR) is 103 cm³/mol. The minimum atomic E-state index is -3.61. The van der Waals surface area contributed by atoms with Crippen LogP contribution in [0.25, 0.3) is 0 Å². The average Bonchev–Trinajstić information content (AvgIpc) is 2.62. The molecule has 0 unspecified atom stereocenters. The van der Waals surface area contributed by atoms with Crippen LogP contribution in [0.1, 0.15) is 6.92 Å². The first-order valence-electron chi connectivity index (χ1n) is 8.34. The fourth-order valence-electron chi connectivity index (χ4n) is 2.89. The van der Waals surface area contributed by atoms with Crippen molar-refractivity contribution < 1.29 is 8.42 Å². The smallest absolute Gasteiger partial charge is 0.261 e. The van der Waals surface area contributed by atoms with Crippen LogP contribution in [0.2, 0.25) is 5.02 Å². The molecule has 0 aliphatic carbocycles. The molecule has 134 valence electrons. The molecule has 1 heterocycles. The number of anilines is 2. The van der Waals surface area contributed by atoms with Crippen molar-refractivity contribution in [2.24, 2.45) is 0 Å². The Bertz CT molecular complexity index is 799. The Morgan fingerprint density at radius 1 is 0.960 bits per heavy atom. The second-order valence-electron chi connectivity index (χ2n) is 6.03. The van der Waals surface area contributed by atoms with Gasteiger partial charge in [-0.1, -0.05) is 18.5 Å². The van der Waals surface area contributed by atoms with Crippen molar-refractivity contribution in [2.45, 2.75) is 11.8 Å². The first kappa shape index (κ1) is 18.0. The summed E-state index contributed by atoms with van der Waals surface area (Å²) in [6, 6.07) is 13.6. The molecule has 0 bridgehead atoms. The molecule has 0 spiro atoms. The average molecular weight is 380 g/mol. The SMILES string of the molecule is CCN1CCN(c2ccc(NS(=O)(=O)c3ccc(Cl)cc3)cc2)CC1. The molecular formula is C18H22ClN3O2S. The molecule has 0 saturated carbocycles. The molecule has 7 heteroatoms. The van der Waals surface area contributed by atoms with Crippen molar-refractivity contribution >= 4 is 33.0 Å². The first-order valence-corrected chi connectivity index (χ1v) is 10.2. The normalized spacial score (nSPS) is 16.0. The van der Waals surface area contributed by atoms with Gasteiger partial charge in [0.2, 0.25) is 0 Å². The summed E-state index contributed by atoms with van der Waals surface area (Å²) in [5.41, 5.74) is 1.66. The van der Waals surface area contributed by atoms with Crippen LogP contribution in [0.5, 0.6) is 0 Å². The number of benzene rings is 2. The molecule has 5 nitrogen and oxygen atoms in total. The van der Waals surface area contributed by atoms with Gasteiger partial charge in [0.25, 0.3) is 10.0 Å². The van der Waals surface area contributed by atoms with Gasteiger partial charge in [-0.05, 0) is 55.1 Å². The third-order valence-electron chi connectivity index (χ3n) is 4.43. The summed E-state index contributed by atoms with van der Waals surface area (Å²) in [7, 11) is -3.61. The van der Waals surface area contributed by atoms with E-state index in [0.717, 1.165) is 38.4 Å². The highest BCUT2D eigenvalue weighted by Gasteiger charge is 2.17. The second kappa shape index (κ2) is 7.64. The zero-order valence-electron chi connectivity index (χ0n) is 14.2. The molecule has 1 fully saturated rings. The Balaban J connectivity index is 1.67. The van der Waals surface area contributed by atoms with Gasteiger partial charge in [0.05, 0.1) is 4.90 Å². The van der Waals surface area contributed by atoms with E-state index in [2.05, 4.69) is 21.4 Å². The molecule has 2 aromatic rings. The minimum Gasteiger partial charge on any atom is -0.369 e. The third kappa shape index (κ3) is 4.45. The Morgan fingerprint density at radius 3 is 2.12 bits per heavy atom. The largest absolute Gasteiger partial charge is 0.369 e. The molecule has 25 heavy (non-hydrogen) atoms. The Labute approximate surface area is 154 Å². The lowest BCUT2D eigenvalue weighted by molar-refractivity contribution is 0.271. The van der Waals surface area contributed by atoms with Crippen molar-refractivity contribution in [1.82, 2.24) is 4.90 Å². The quantitative estimate of drug-likeness (QED) is 0.866. The molecule has 0 atom stereocenters. The zero-order chi connectivity index (χ0) is 17.9. The van der Waals surface area contributed by atoms with Crippen LogP contribution in [0.3, 0.4) is 0 Å². The number of nitrogens with one attached hydrogen (secondary N) is 1. The van der Waals surface area contributed by atoms with Gasteiger partial charge in [0.15, 0.2) is 0 Å². The fourth-order valence-corrected chi connectivity index (χ4v) is 4.08. The van der Waals surface area contributed by atoms with Crippen molar-refractivity contribution in [3.8, 4) is 0 Å². The van der Waals surface area contributed by atoms with E-state index in [-0.39, 0.29) is 4.90 Å². The van der Waals surface area contributed by atoms with E-state index >= 15 is 0 Å². The lowest BCUT2D eigenvalue weighted by Crippen LogP contribution is -2.46. The monoisotopic (exact) mass is 379 g/mol. The summed E-state index contributed by atoms with van der Waals surface area (Å²) in [6.45, 7) is 7.35. The zero-order valence-corrected chi connectivity index (χ0v) is 15.7. The number of sulfonamides is 1. The molecule has 1 aliphatic rings. The number of hydrogen-bond acceptors (Lipinski definition) is 4. The Morgan fingerprint density at radius 2 is 1.56 bits per heavy atom. The minimum absolute atomic E-state index is 0.191. The lowest BCUT2D eigenvalue weighted by atomic mass is 10.2. The summed E-state index contributed by atoms with van der Waals surface area (Å²) in [5.74, 6) is 0. The molecule has 1 N–H and O–H groups in total. The van der Waals surface area contributed by atoms with E-state index in [0.29, 0.717) is 10.7 Å². The van der Waals surface area contributed by atoms with E-state index in [1.807, 2.05) is 12.1 Å². The van der Waals surface area contributed by atoms with E-state index in [1.54, 1.807) is 24.3 Å². The van der Waals surface area contributed by atoms with Crippen LogP contribution >= 0.6 is 11.6 Å².